The average molecular weight is 175 g/mol. The Kier molecular flexibility index (Phi) is 2.80. The standard InChI is InChI=1S/C10H13N3/c1-5-9-7(2)8(3)10(13-9)6-12-11-4/h5-6,13H,1,4H2,2-3H3. The third kappa shape index (κ3) is 1.75. The van der Waals surface area contributed by atoms with Gasteiger partial charge in [0.1, 0.15) is 0 Å². The van der Waals surface area contributed by atoms with Crippen LogP contribution in [0.15, 0.2) is 16.8 Å². The number of nitrogens with zero attached hydrogens (tertiary/aromatic N) is 2. The van der Waals surface area contributed by atoms with Crippen LogP contribution in [0.1, 0.15) is 22.5 Å². The highest BCUT2D eigenvalue weighted by Crippen LogP contribution is 2.16. The normalized spacial score (nSPS) is 10.6. The van der Waals surface area contributed by atoms with E-state index >= 15 is 0 Å². The van der Waals surface area contributed by atoms with E-state index < -0.39 is 0 Å². The highest BCUT2D eigenvalue weighted by molar-refractivity contribution is 5.81. The largest absolute Gasteiger partial charge is 0.354 e. The molecule has 1 rings (SSSR count). The highest BCUT2D eigenvalue weighted by atomic mass is 15.2. The van der Waals surface area contributed by atoms with E-state index in [-0.39, 0.29) is 0 Å². The fraction of sp³-hybridized carbons (Fsp3) is 0.200. The Labute approximate surface area is 77.9 Å². The average Bonchev–Trinajstić information content (AvgIpc) is 2.41. The van der Waals surface area contributed by atoms with E-state index in [1.807, 2.05) is 13.8 Å². The first-order chi connectivity index (χ1) is 6.20. The Bertz CT molecular complexity index is 358. The van der Waals surface area contributed by atoms with Gasteiger partial charge >= 0.3 is 0 Å². The fourth-order valence-electron chi connectivity index (χ4n) is 1.17. The number of nitrogens with one attached hydrogen (secondary N) is 1. The van der Waals surface area contributed by atoms with Crippen molar-refractivity contribution in [2.24, 2.45) is 10.2 Å². The molecule has 1 aromatic heterocycles. The van der Waals surface area contributed by atoms with E-state index in [4.69, 9.17) is 0 Å². The van der Waals surface area contributed by atoms with E-state index in [1.165, 1.54) is 11.1 Å². The van der Waals surface area contributed by atoms with Crippen molar-refractivity contribution in [2.45, 2.75) is 13.8 Å². The van der Waals surface area contributed by atoms with E-state index in [0.717, 1.165) is 11.4 Å². The molecular weight excluding hydrogens is 162 g/mol. The zero-order valence-electron chi connectivity index (χ0n) is 7.96. The number of aromatic nitrogens is 1. The first kappa shape index (κ1) is 9.45. The molecule has 0 fully saturated rings. The van der Waals surface area contributed by atoms with Crippen molar-refractivity contribution < 1.29 is 0 Å². The van der Waals surface area contributed by atoms with Crippen LogP contribution in [0.3, 0.4) is 0 Å². The van der Waals surface area contributed by atoms with Crippen LogP contribution in [0.4, 0.5) is 0 Å². The molecule has 0 saturated heterocycles. The lowest BCUT2D eigenvalue weighted by molar-refractivity contribution is 1.25. The van der Waals surface area contributed by atoms with Gasteiger partial charge < -0.3 is 4.98 Å². The number of H-pyrrole nitrogens is 1. The summed E-state index contributed by atoms with van der Waals surface area (Å²) in [5.74, 6) is 0. The Hall–Kier alpha value is -1.64. The molecule has 68 valence electrons. The molecule has 0 aliphatic heterocycles. The first-order valence-corrected chi connectivity index (χ1v) is 4.01. The minimum atomic E-state index is 0.958. The van der Waals surface area contributed by atoms with Crippen molar-refractivity contribution >= 4 is 19.0 Å². The molecular formula is C10H13N3. The lowest BCUT2D eigenvalue weighted by Crippen LogP contribution is -1.83. The number of hydrogen-bond acceptors (Lipinski definition) is 2. The Morgan fingerprint density at radius 3 is 2.31 bits per heavy atom. The lowest BCUT2D eigenvalue weighted by atomic mass is 10.1. The van der Waals surface area contributed by atoms with Crippen LogP contribution in [0.5, 0.6) is 0 Å². The molecule has 0 atom stereocenters. The maximum Gasteiger partial charge on any atom is 0.0733 e. The first-order valence-electron chi connectivity index (χ1n) is 4.01. The molecule has 13 heavy (non-hydrogen) atoms. The SMILES string of the molecule is C=Cc1[nH]c(C=NN=C)c(C)c1C. The quantitative estimate of drug-likeness (QED) is 0.541. The summed E-state index contributed by atoms with van der Waals surface area (Å²) in [6, 6.07) is 0. The molecule has 1 N–H and O–H groups in total. The molecule has 3 heteroatoms. The summed E-state index contributed by atoms with van der Waals surface area (Å²) in [5.41, 5.74) is 4.35. The second kappa shape index (κ2) is 3.85. The summed E-state index contributed by atoms with van der Waals surface area (Å²) in [6.45, 7) is 11.1. The van der Waals surface area contributed by atoms with E-state index in [2.05, 4.69) is 28.5 Å². The van der Waals surface area contributed by atoms with Crippen molar-refractivity contribution in [3.63, 3.8) is 0 Å². The smallest absolute Gasteiger partial charge is 0.0733 e. The van der Waals surface area contributed by atoms with Crippen molar-refractivity contribution in [2.75, 3.05) is 0 Å². The Balaban J connectivity index is 3.16. The summed E-state index contributed by atoms with van der Waals surface area (Å²) < 4.78 is 0. The second-order valence-corrected chi connectivity index (χ2v) is 2.79. The number of hydrogen-bond donors (Lipinski definition) is 1. The van der Waals surface area contributed by atoms with Gasteiger partial charge in [-0.3, -0.25) is 0 Å². The summed E-state index contributed by atoms with van der Waals surface area (Å²) >= 11 is 0. The van der Waals surface area contributed by atoms with Crippen LogP contribution in [-0.4, -0.2) is 17.9 Å². The van der Waals surface area contributed by atoms with Crippen molar-refractivity contribution in [3.05, 3.63) is 29.1 Å². The van der Waals surface area contributed by atoms with Crippen LogP contribution in [0.2, 0.25) is 0 Å². The van der Waals surface area contributed by atoms with Crippen LogP contribution in [0, 0.1) is 13.8 Å². The maximum absolute atomic E-state index is 3.71. The van der Waals surface area contributed by atoms with Gasteiger partial charge in [0.15, 0.2) is 0 Å². The number of rotatable bonds is 3. The molecule has 0 radical (unpaired) electrons. The second-order valence-electron chi connectivity index (χ2n) is 2.79. The minimum absolute atomic E-state index is 0.958. The van der Waals surface area contributed by atoms with Gasteiger partial charge in [0, 0.05) is 12.4 Å². The molecule has 0 saturated carbocycles. The van der Waals surface area contributed by atoms with Crippen molar-refractivity contribution in [1.29, 1.82) is 0 Å². The van der Waals surface area contributed by atoms with E-state index in [1.54, 1.807) is 12.3 Å². The topological polar surface area (TPSA) is 40.5 Å². The maximum atomic E-state index is 3.71. The predicted molar refractivity (Wildman–Crippen MR) is 57.5 cm³/mol. The van der Waals surface area contributed by atoms with Crippen molar-refractivity contribution in [1.82, 2.24) is 4.98 Å². The zero-order valence-corrected chi connectivity index (χ0v) is 7.96. The molecule has 0 aliphatic rings. The summed E-state index contributed by atoms with van der Waals surface area (Å²) in [7, 11) is 0. The van der Waals surface area contributed by atoms with Gasteiger partial charge in [0.25, 0.3) is 0 Å². The van der Waals surface area contributed by atoms with Gasteiger partial charge in [0.05, 0.1) is 11.9 Å². The van der Waals surface area contributed by atoms with Crippen LogP contribution in [0.25, 0.3) is 6.08 Å². The molecule has 1 heterocycles. The Morgan fingerprint density at radius 1 is 1.23 bits per heavy atom. The van der Waals surface area contributed by atoms with Gasteiger partial charge in [-0.15, -0.1) is 0 Å². The van der Waals surface area contributed by atoms with Gasteiger partial charge in [-0.2, -0.15) is 10.2 Å². The molecule has 0 amide bonds. The molecule has 1 aromatic rings. The summed E-state index contributed by atoms with van der Waals surface area (Å²) in [5, 5.41) is 7.13. The molecule has 0 unspecified atom stereocenters. The molecule has 0 spiro atoms. The van der Waals surface area contributed by atoms with Crippen molar-refractivity contribution in [3.8, 4) is 0 Å². The monoisotopic (exact) mass is 175 g/mol. The van der Waals surface area contributed by atoms with Gasteiger partial charge in [0.2, 0.25) is 0 Å². The van der Waals surface area contributed by atoms with E-state index in [9.17, 15) is 0 Å². The van der Waals surface area contributed by atoms with Gasteiger partial charge in [-0.05, 0) is 31.1 Å². The van der Waals surface area contributed by atoms with E-state index in [0.29, 0.717) is 0 Å². The molecule has 0 bridgehead atoms. The van der Waals surface area contributed by atoms with Crippen LogP contribution in [-0.2, 0) is 0 Å². The van der Waals surface area contributed by atoms with Crippen LogP contribution < -0.4 is 0 Å². The molecule has 0 aliphatic carbocycles. The summed E-state index contributed by atoms with van der Waals surface area (Å²) in [6.07, 6.45) is 3.45. The molecule has 3 nitrogen and oxygen atoms in total. The Morgan fingerprint density at radius 2 is 1.85 bits per heavy atom. The van der Waals surface area contributed by atoms with Crippen LogP contribution >= 0.6 is 0 Å². The van der Waals surface area contributed by atoms with Gasteiger partial charge in [-0.1, -0.05) is 6.58 Å². The summed E-state index contributed by atoms with van der Waals surface area (Å²) in [4.78, 5) is 3.18. The minimum Gasteiger partial charge on any atom is -0.354 e. The predicted octanol–water partition coefficient (Wildman–Crippen LogP) is 2.31. The van der Waals surface area contributed by atoms with Gasteiger partial charge in [-0.25, -0.2) is 0 Å². The third-order valence-electron chi connectivity index (χ3n) is 2.11. The third-order valence-corrected chi connectivity index (χ3v) is 2.11. The molecule has 0 aromatic carbocycles. The highest BCUT2D eigenvalue weighted by Gasteiger charge is 2.05. The fourth-order valence-corrected chi connectivity index (χ4v) is 1.17. The zero-order chi connectivity index (χ0) is 9.84. The lowest BCUT2D eigenvalue weighted by Gasteiger charge is -1.89. The number of aromatic amines is 1.